The highest BCUT2D eigenvalue weighted by molar-refractivity contribution is 5.91. The Bertz CT molecular complexity index is 1590. The van der Waals surface area contributed by atoms with Crippen LogP contribution in [-0.2, 0) is 29.1 Å². The van der Waals surface area contributed by atoms with Gasteiger partial charge in [0.25, 0.3) is 0 Å². The van der Waals surface area contributed by atoms with Gasteiger partial charge in [0.2, 0.25) is 11.8 Å². The molecule has 12 nitrogen and oxygen atoms in total. The molecule has 3 aromatic carbocycles. The van der Waals surface area contributed by atoms with Gasteiger partial charge < -0.3 is 26.0 Å². The molecule has 5 N–H and O–H groups in total. The van der Waals surface area contributed by atoms with E-state index < -0.39 is 12.2 Å². The number of nitrogens with two attached hydrogens (primary N) is 1. The molecule has 44 heavy (non-hydrogen) atoms. The number of phenolic OH excluding ortho intramolecular Hbond substituents is 1. The largest absolute Gasteiger partial charge is 0.508 e. The average Bonchev–Trinajstić information content (AvgIpc) is 3.84. The van der Waals surface area contributed by atoms with Gasteiger partial charge >= 0.3 is 6.03 Å². The molecule has 3 aliphatic rings. The van der Waals surface area contributed by atoms with Crippen LogP contribution < -0.4 is 11.1 Å². The highest BCUT2D eigenvalue weighted by Gasteiger charge is 2.51. The Morgan fingerprint density at radius 1 is 1.00 bits per heavy atom. The molecule has 2 heterocycles. The highest BCUT2D eigenvalue weighted by atomic mass is 16.3. The average molecular weight is 595 g/mol. The van der Waals surface area contributed by atoms with Crippen LogP contribution in [0.4, 0.5) is 16.2 Å². The van der Waals surface area contributed by atoms with Crippen molar-refractivity contribution in [1.29, 1.82) is 5.53 Å². The topological polar surface area (TPSA) is 159 Å². The van der Waals surface area contributed by atoms with E-state index in [4.69, 9.17) is 11.3 Å². The van der Waals surface area contributed by atoms with E-state index in [1.807, 2.05) is 42.5 Å². The summed E-state index contributed by atoms with van der Waals surface area (Å²) in [6, 6.07) is 20.0. The zero-order valence-electron chi connectivity index (χ0n) is 24.0. The van der Waals surface area contributed by atoms with E-state index in [0.29, 0.717) is 24.5 Å². The van der Waals surface area contributed by atoms with Gasteiger partial charge in [-0.15, -0.1) is 0 Å². The Kier molecular flexibility index (Phi) is 7.99. The number of aromatic hydroxyl groups is 1. The van der Waals surface area contributed by atoms with Crippen LogP contribution in [0.25, 0.3) is 0 Å². The minimum atomic E-state index is -0.884. The first kappa shape index (κ1) is 28.9. The van der Waals surface area contributed by atoms with E-state index >= 15 is 0 Å². The van der Waals surface area contributed by atoms with Crippen molar-refractivity contribution in [3.8, 4) is 5.75 Å². The third-order valence-corrected chi connectivity index (χ3v) is 8.17. The third-order valence-electron chi connectivity index (χ3n) is 8.17. The summed E-state index contributed by atoms with van der Waals surface area (Å²) in [5.41, 5.74) is 16.5. The van der Waals surface area contributed by atoms with Crippen LogP contribution in [0.2, 0.25) is 0 Å². The van der Waals surface area contributed by atoms with Gasteiger partial charge in [-0.3, -0.25) is 9.59 Å². The molecule has 4 amide bonds. The van der Waals surface area contributed by atoms with Crippen LogP contribution in [0.15, 0.2) is 90.1 Å². The van der Waals surface area contributed by atoms with Crippen molar-refractivity contribution in [1.82, 2.24) is 25.1 Å². The predicted molar refractivity (Wildman–Crippen MR) is 162 cm³/mol. The molecule has 1 aliphatic carbocycles. The Balaban J connectivity index is 1.34. The second-order valence-electron chi connectivity index (χ2n) is 11.3. The number of nitrogen functional groups attached to an aromatic ring is 1. The van der Waals surface area contributed by atoms with Gasteiger partial charge in [-0.2, -0.15) is 5.11 Å². The molecule has 0 unspecified atom stereocenters. The zero-order chi connectivity index (χ0) is 30.8. The third kappa shape index (κ3) is 6.11. The first-order valence-electron chi connectivity index (χ1n) is 14.5. The summed E-state index contributed by atoms with van der Waals surface area (Å²) in [5, 5.41) is 19.7. The van der Waals surface area contributed by atoms with Crippen molar-refractivity contribution in [3.05, 3.63) is 102 Å². The second kappa shape index (κ2) is 12.2. The van der Waals surface area contributed by atoms with Crippen molar-refractivity contribution >= 4 is 29.2 Å². The SMILES string of the molecule is N=Nc1cc(CN2C[C@H]3N(C(=O)CN(CC4C=C4)N3C(=O)NCc3ccccc3)[C@@H](Cc3ccc(O)cc3)C2=O)ccc1N. The molecule has 2 atom stereocenters. The van der Waals surface area contributed by atoms with Crippen molar-refractivity contribution in [2.24, 2.45) is 11.0 Å². The molecule has 0 spiro atoms. The van der Waals surface area contributed by atoms with Gasteiger partial charge in [0.05, 0.1) is 18.8 Å². The summed E-state index contributed by atoms with van der Waals surface area (Å²) in [6.07, 6.45) is 3.49. The summed E-state index contributed by atoms with van der Waals surface area (Å²) in [7, 11) is 0. The maximum atomic E-state index is 14.1. The number of amides is 4. The molecular formula is C32H34N8O4. The van der Waals surface area contributed by atoms with Crippen LogP contribution in [0, 0.1) is 11.4 Å². The number of hydrogen-bond acceptors (Lipinski definition) is 8. The molecule has 226 valence electrons. The lowest BCUT2D eigenvalue weighted by Crippen LogP contribution is -2.76. The Hall–Kier alpha value is -5.23. The molecule has 0 aromatic heterocycles. The first-order chi connectivity index (χ1) is 21.3. The maximum absolute atomic E-state index is 14.1. The van der Waals surface area contributed by atoms with Crippen LogP contribution in [0.3, 0.4) is 0 Å². The lowest BCUT2D eigenvalue weighted by atomic mass is 9.98. The fourth-order valence-corrected chi connectivity index (χ4v) is 5.85. The summed E-state index contributed by atoms with van der Waals surface area (Å²) in [5.74, 6) is -0.232. The van der Waals surface area contributed by atoms with Gasteiger partial charge in [-0.05, 0) is 41.0 Å². The van der Waals surface area contributed by atoms with Crippen molar-refractivity contribution < 1.29 is 19.5 Å². The van der Waals surface area contributed by atoms with Crippen molar-refractivity contribution in [3.63, 3.8) is 0 Å². The number of rotatable bonds is 9. The maximum Gasteiger partial charge on any atom is 0.334 e. The van der Waals surface area contributed by atoms with E-state index in [0.717, 1.165) is 16.7 Å². The molecule has 0 bridgehead atoms. The van der Waals surface area contributed by atoms with Crippen molar-refractivity contribution in [2.45, 2.75) is 31.7 Å². The number of anilines is 1. The lowest BCUT2D eigenvalue weighted by molar-refractivity contribution is -0.191. The number of piperazine rings is 1. The first-order valence-corrected chi connectivity index (χ1v) is 14.5. The number of carbonyl (C=O) groups excluding carboxylic acids is 3. The Morgan fingerprint density at radius 2 is 1.73 bits per heavy atom. The monoisotopic (exact) mass is 594 g/mol. The molecule has 12 heteroatoms. The Labute approximate surface area is 254 Å². The summed E-state index contributed by atoms with van der Waals surface area (Å²) < 4.78 is 0. The van der Waals surface area contributed by atoms with E-state index in [-0.39, 0.29) is 55.6 Å². The molecule has 6 rings (SSSR count). The molecule has 3 aromatic rings. The standard InChI is InChI=1S/C32H34N8O4/c33-26-13-10-24(14-27(26)36-34)17-37-19-29-39(28(31(37)43)15-21-8-11-25(41)12-9-21)30(42)20-38(18-23-6-7-23)40(29)32(44)35-16-22-4-2-1-3-5-22/h1-14,23,28-29,34,41H,15-20,33H2,(H,35,44)/t28-,29-/m0/s1. The van der Waals surface area contributed by atoms with E-state index in [1.165, 1.54) is 0 Å². The summed E-state index contributed by atoms with van der Waals surface area (Å²) >= 11 is 0. The zero-order valence-corrected chi connectivity index (χ0v) is 24.0. The number of fused-ring (bicyclic) bond motifs is 1. The van der Waals surface area contributed by atoms with E-state index in [9.17, 15) is 19.5 Å². The number of hydrogen-bond donors (Lipinski definition) is 4. The van der Waals surface area contributed by atoms with Crippen LogP contribution in [0.1, 0.15) is 16.7 Å². The number of benzene rings is 3. The van der Waals surface area contributed by atoms with Gasteiger partial charge in [0.1, 0.15) is 23.6 Å². The highest BCUT2D eigenvalue weighted by Crippen LogP contribution is 2.32. The minimum absolute atomic E-state index is 0.0425. The van der Waals surface area contributed by atoms with Gasteiger partial charge in [-0.1, -0.05) is 60.7 Å². The van der Waals surface area contributed by atoms with Gasteiger partial charge in [-0.25, -0.2) is 20.3 Å². The minimum Gasteiger partial charge on any atom is -0.508 e. The smallest absolute Gasteiger partial charge is 0.334 e. The molecule has 2 saturated heterocycles. The fraction of sp³-hybridized carbons (Fsp3) is 0.281. The number of phenols is 1. The fourth-order valence-electron chi connectivity index (χ4n) is 5.85. The molecular weight excluding hydrogens is 560 g/mol. The van der Waals surface area contributed by atoms with Crippen LogP contribution in [-0.4, -0.2) is 74.6 Å². The lowest BCUT2D eigenvalue weighted by Gasteiger charge is -2.55. The predicted octanol–water partition coefficient (Wildman–Crippen LogP) is 3.37. The summed E-state index contributed by atoms with van der Waals surface area (Å²) in [6.45, 7) is 0.991. The Morgan fingerprint density at radius 3 is 2.43 bits per heavy atom. The normalized spacial score (nSPS) is 20.0. The second-order valence-corrected chi connectivity index (χ2v) is 11.3. The number of carbonyl (C=O) groups is 3. The number of urea groups is 1. The van der Waals surface area contributed by atoms with Crippen LogP contribution in [0.5, 0.6) is 5.75 Å². The number of nitrogens with one attached hydrogen (secondary N) is 2. The van der Waals surface area contributed by atoms with Gasteiger partial charge in [0, 0.05) is 32.0 Å². The van der Waals surface area contributed by atoms with Crippen molar-refractivity contribution in [2.75, 3.05) is 25.4 Å². The van der Waals surface area contributed by atoms with E-state index in [2.05, 4.69) is 10.4 Å². The number of nitrogens with zero attached hydrogens (tertiary/aromatic N) is 5. The molecule has 0 saturated carbocycles. The molecule has 2 fully saturated rings. The number of hydrazine groups is 1. The summed E-state index contributed by atoms with van der Waals surface area (Å²) in [4.78, 5) is 45.1. The molecule has 2 aliphatic heterocycles. The molecule has 0 radical (unpaired) electrons. The quantitative estimate of drug-likeness (QED) is 0.169. The van der Waals surface area contributed by atoms with Gasteiger partial charge in [0.15, 0.2) is 0 Å². The van der Waals surface area contributed by atoms with Crippen LogP contribution >= 0.6 is 0 Å². The van der Waals surface area contributed by atoms with E-state index in [1.54, 1.807) is 62.3 Å².